The van der Waals surface area contributed by atoms with Gasteiger partial charge in [-0.15, -0.1) is 0 Å². The van der Waals surface area contributed by atoms with Crippen LogP contribution in [0.2, 0.25) is 20.1 Å². The molecule has 2 amide bonds. The molecule has 3 aromatic rings. The third-order valence-electron chi connectivity index (χ3n) is 6.98. The molecule has 0 radical (unpaired) electrons. The van der Waals surface area contributed by atoms with Crippen LogP contribution < -0.4 is 9.62 Å². The van der Waals surface area contributed by atoms with Gasteiger partial charge in [-0.1, -0.05) is 71.4 Å². The molecule has 1 fully saturated rings. The highest BCUT2D eigenvalue weighted by atomic mass is 35.5. The number of carbonyl (C=O) groups is 2. The Labute approximate surface area is 260 Å². The number of halogens is 4. The zero-order valence-corrected chi connectivity index (χ0v) is 26.0. The molecule has 0 bridgehead atoms. The molecule has 0 aromatic heterocycles. The first-order valence-corrected chi connectivity index (χ1v) is 16.0. The Kier molecular flexibility index (Phi) is 10.5. The van der Waals surface area contributed by atoms with Crippen molar-refractivity contribution in [2.75, 3.05) is 10.8 Å². The molecule has 1 N–H and O–H groups in total. The van der Waals surface area contributed by atoms with Crippen LogP contribution >= 0.6 is 46.4 Å². The van der Waals surface area contributed by atoms with Crippen LogP contribution in [-0.2, 0) is 26.2 Å². The first-order chi connectivity index (χ1) is 19.5. The average Bonchev–Trinajstić information content (AvgIpc) is 3.45. The van der Waals surface area contributed by atoms with E-state index in [0.29, 0.717) is 25.7 Å². The van der Waals surface area contributed by atoms with Crippen molar-refractivity contribution in [3.05, 3.63) is 92.4 Å². The molecule has 0 aliphatic heterocycles. The quantitative estimate of drug-likeness (QED) is 0.255. The van der Waals surface area contributed by atoms with Gasteiger partial charge in [0.25, 0.3) is 10.0 Å². The number of amides is 2. The molecule has 0 saturated heterocycles. The van der Waals surface area contributed by atoms with E-state index in [1.54, 1.807) is 43.3 Å². The lowest BCUT2D eigenvalue weighted by Crippen LogP contribution is -2.52. The largest absolute Gasteiger partial charge is 0.352 e. The van der Waals surface area contributed by atoms with Crippen molar-refractivity contribution in [2.24, 2.45) is 0 Å². The zero-order chi connectivity index (χ0) is 29.7. The van der Waals surface area contributed by atoms with E-state index in [1.165, 1.54) is 35.2 Å². The second-order valence-electron chi connectivity index (χ2n) is 9.88. The fraction of sp³-hybridized carbons (Fsp3) is 0.310. The molecule has 1 saturated carbocycles. The van der Waals surface area contributed by atoms with Gasteiger partial charge in [0.2, 0.25) is 11.8 Å². The first-order valence-electron chi connectivity index (χ1n) is 13.0. The van der Waals surface area contributed by atoms with E-state index in [-0.39, 0.29) is 29.1 Å². The molecule has 0 spiro atoms. The molecule has 0 heterocycles. The van der Waals surface area contributed by atoms with Crippen molar-refractivity contribution in [1.29, 1.82) is 0 Å². The van der Waals surface area contributed by atoms with Crippen molar-refractivity contribution in [3.63, 3.8) is 0 Å². The zero-order valence-electron chi connectivity index (χ0n) is 22.2. The van der Waals surface area contributed by atoms with Crippen molar-refractivity contribution in [1.82, 2.24) is 10.2 Å². The summed E-state index contributed by atoms with van der Waals surface area (Å²) in [7, 11) is -4.24. The summed E-state index contributed by atoms with van der Waals surface area (Å²) in [5, 5.41) is 4.34. The second kappa shape index (κ2) is 13.7. The van der Waals surface area contributed by atoms with Gasteiger partial charge in [-0.25, -0.2) is 8.42 Å². The number of rotatable bonds is 10. The summed E-state index contributed by atoms with van der Waals surface area (Å²) < 4.78 is 28.7. The van der Waals surface area contributed by atoms with E-state index in [4.69, 9.17) is 46.4 Å². The van der Waals surface area contributed by atoms with Gasteiger partial charge < -0.3 is 10.2 Å². The highest BCUT2D eigenvalue weighted by molar-refractivity contribution is 7.92. The third kappa shape index (κ3) is 7.87. The fourth-order valence-corrected chi connectivity index (χ4v) is 6.74. The van der Waals surface area contributed by atoms with Gasteiger partial charge in [0, 0.05) is 22.6 Å². The van der Waals surface area contributed by atoms with Crippen LogP contribution in [0.25, 0.3) is 0 Å². The molecule has 218 valence electrons. The van der Waals surface area contributed by atoms with Crippen LogP contribution in [0.3, 0.4) is 0 Å². The summed E-state index contributed by atoms with van der Waals surface area (Å²) in [6, 6.07) is 15.9. The molecule has 1 aliphatic carbocycles. The maximum Gasteiger partial charge on any atom is 0.264 e. The van der Waals surface area contributed by atoms with Gasteiger partial charge >= 0.3 is 0 Å². The summed E-state index contributed by atoms with van der Waals surface area (Å²) in [6.07, 6.45) is 3.81. The van der Waals surface area contributed by atoms with Crippen LogP contribution in [-0.4, -0.2) is 43.8 Å². The van der Waals surface area contributed by atoms with Crippen LogP contribution in [0, 0.1) is 0 Å². The monoisotopic (exact) mass is 655 g/mol. The lowest BCUT2D eigenvalue weighted by atomic mass is 10.1. The van der Waals surface area contributed by atoms with E-state index < -0.39 is 28.5 Å². The molecule has 41 heavy (non-hydrogen) atoms. The standard InChI is InChI=1S/C29H29Cl4N3O4S/c1-19(29(38)34-23-6-2-3-7-23)35(17-20-9-14-26(32)27(33)15-20)28(37)18-36(24-8-4-5-22(31)16-24)41(39,40)25-12-10-21(30)11-13-25/h4-5,8-16,19,23H,2-3,6-7,17-18H2,1H3,(H,34,38). The maximum absolute atomic E-state index is 14.0. The van der Waals surface area contributed by atoms with E-state index in [0.717, 1.165) is 30.0 Å². The summed E-state index contributed by atoms with van der Waals surface area (Å²) in [6.45, 7) is 1.03. The van der Waals surface area contributed by atoms with Gasteiger partial charge in [0.05, 0.1) is 20.6 Å². The predicted octanol–water partition coefficient (Wildman–Crippen LogP) is 6.97. The number of nitrogens with one attached hydrogen (secondary N) is 1. The molecule has 1 aliphatic rings. The van der Waals surface area contributed by atoms with Gasteiger partial charge in [-0.2, -0.15) is 0 Å². The van der Waals surface area contributed by atoms with E-state index >= 15 is 0 Å². The number of hydrogen-bond donors (Lipinski definition) is 1. The van der Waals surface area contributed by atoms with E-state index in [1.807, 2.05) is 0 Å². The minimum atomic E-state index is -4.24. The Morgan fingerprint density at radius 1 is 0.902 bits per heavy atom. The third-order valence-corrected chi connectivity index (χ3v) is 10.00. The SMILES string of the molecule is CC(C(=O)NC1CCCC1)N(Cc1ccc(Cl)c(Cl)c1)C(=O)CN(c1cccc(Cl)c1)S(=O)(=O)c1ccc(Cl)cc1. The lowest BCUT2D eigenvalue weighted by molar-refractivity contribution is -0.139. The number of carbonyl (C=O) groups excluding carboxylic acids is 2. The normalized spacial score (nSPS) is 14.5. The Balaban J connectivity index is 1.70. The Morgan fingerprint density at radius 3 is 2.22 bits per heavy atom. The molecular formula is C29H29Cl4N3O4S. The molecule has 3 aromatic carbocycles. The van der Waals surface area contributed by atoms with Gasteiger partial charge in [-0.3, -0.25) is 13.9 Å². The summed E-state index contributed by atoms with van der Waals surface area (Å²) in [5.74, 6) is -0.914. The van der Waals surface area contributed by atoms with E-state index in [9.17, 15) is 18.0 Å². The molecule has 4 rings (SSSR count). The maximum atomic E-state index is 14.0. The van der Waals surface area contributed by atoms with Crippen molar-refractivity contribution >= 4 is 73.9 Å². The van der Waals surface area contributed by atoms with Crippen LogP contribution in [0.15, 0.2) is 71.6 Å². The minimum absolute atomic E-state index is 0.000641. The van der Waals surface area contributed by atoms with Gasteiger partial charge in [0.15, 0.2) is 0 Å². The predicted molar refractivity (Wildman–Crippen MR) is 164 cm³/mol. The number of nitrogens with zero attached hydrogens (tertiary/aromatic N) is 2. The first kappa shape index (κ1) is 31.4. The molecular weight excluding hydrogens is 628 g/mol. The van der Waals surface area contributed by atoms with Gasteiger partial charge in [-0.05, 0) is 79.9 Å². The lowest BCUT2D eigenvalue weighted by Gasteiger charge is -2.32. The summed E-state index contributed by atoms with van der Waals surface area (Å²) in [4.78, 5) is 28.6. The highest BCUT2D eigenvalue weighted by Gasteiger charge is 2.33. The van der Waals surface area contributed by atoms with E-state index in [2.05, 4.69) is 5.32 Å². The Morgan fingerprint density at radius 2 is 1.59 bits per heavy atom. The Bertz CT molecular complexity index is 1510. The number of sulfonamides is 1. The van der Waals surface area contributed by atoms with Crippen LogP contribution in [0.5, 0.6) is 0 Å². The molecule has 7 nitrogen and oxygen atoms in total. The van der Waals surface area contributed by atoms with Crippen LogP contribution in [0.1, 0.15) is 38.2 Å². The smallest absolute Gasteiger partial charge is 0.264 e. The average molecular weight is 657 g/mol. The molecule has 1 unspecified atom stereocenters. The van der Waals surface area contributed by atoms with Gasteiger partial charge in [0.1, 0.15) is 12.6 Å². The fourth-order valence-electron chi connectivity index (χ4n) is 4.70. The topological polar surface area (TPSA) is 86.8 Å². The highest BCUT2D eigenvalue weighted by Crippen LogP contribution is 2.28. The van der Waals surface area contributed by atoms with Crippen LogP contribution in [0.4, 0.5) is 5.69 Å². The van der Waals surface area contributed by atoms with Crippen molar-refractivity contribution < 1.29 is 18.0 Å². The summed E-state index contributed by atoms with van der Waals surface area (Å²) >= 11 is 24.5. The number of benzene rings is 3. The minimum Gasteiger partial charge on any atom is -0.352 e. The van der Waals surface area contributed by atoms with Crippen molar-refractivity contribution in [2.45, 2.75) is 56.1 Å². The molecule has 1 atom stereocenters. The second-order valence-corrected chi connectivity index (χ2v) is 13.4. The Hall–Kier alpha value is -2.49. The summed E-state index contributed by atoms with van der Waals surface area (Å²) in [5.41, 5.74) is 0.821. The number of hydrogen-bond acceptors (Lipinski definition) is 4. The van der Waals surface area contributed by atoms with Crippen molar-refractivity contribution in [3.8, 4) is 0 Å². The number of anilines is 1. The molecule has 12 heteroatoms.